The Balaban J connectivity index is 1.08. The maximum absolute atomic E-state index is 16.0. The van der Waals surface area contributed by atoms with Gasteiger partial charge in [-0.2, -0.15) is 23.5 Å². The van der Waals surface area contributed by atoms with Gasteiger partial charge < -0.3 is 66.0 Å². The van der Waals surface area contributed by atoms with Crippen LogP contribution in [0.3, 0.4) is 0 Å². The first-order chi connectivity index (χ1) is 49.0. The van der Waals surface area contributed by atoms with Gasteiger partial charge in [0.25, 0.3) is 0 Å². The second-order valence-corrected chi connectivity index (χ2v) is 29.6. The Labute approximate surface area is 606 Å². The van der Waals surface area contributed by atoms with Crippen LogP contribution >= 0.6 is 23.5 Å². The van der Waals surface area contributed by atoms with E-state index in [9.17, 15) is 19.2 Å². The predicted molar refractivity (Wildman–Crippen MR) is 397 cm³/mol. The fourth-order valence-electron chi connectivity index (χ4n) is 13.9. The van der Waals surface area contributed by atoms with Gasteiger partial charge in [0.2, 0.25) is 59.1 Å². The molecule has 0 spiro atoms. The van der Waals surface area contributed by atoms with Gasteiger partial charge in [-0.1, -0.05) is 124 Å². The summed E-state index contributed by atoms with van der Waals surface area (Å²) in [7, 11) is 7.85. The third kappa shape index (κ3) is 19.6. The number of hydrogen-bond donors (Lipinski definition) is 6. The summed E-state index contributed by atoms with van der Waals surface area (Å²) in [4.78, 5) is 154. The number of carbonyl (C=O) groups excluding carboxylic acids is 10. The van der Waals surface area contributed by atoms with Gasteiger partial charge in [-0.15, -0.1) is 0 Å². The molecule has 3 aliphatic heterocycles. The zero-order valence-corrected chi connectivity index (χ0v) is 61.6. The molecule has 1 unspecified atom stereocenters. The van der Waals surface area contributed by atoms with E-state index in [0.717, 1.165) is 38.4 Å². The van der Waals surface area contributed by atoms with Crippen molar-refractivity contribution in [1.82, 2.24) is 50.8 Å². The predicted octanol–water partition coefficient (Wildman–Crippen LogP) is 6.36. The molecule has 102 heavy (non-hydrogen) atoms. The molecule has 2 fully saturated rings. The first-order valence-corrected chi connectivity index (χ1v) is 37.6. The number of fused-ring (bicyclic) bond motifs is 6. The van der Waals surface area contributed by atoms with Gasteiger partial charge in [-0.3, -0.25) is 47.9 Å². The van der Waals surface area contributed by atoms with Gasteiger partial charge in [-0.25, -0.2) is 0 Å². The highest BCUT2D eigenvalue weighted by Gasteiger charge is 2.45. The molecule has 2 saturated heterocycles. The molecule has 1 aromatic heterocycles. The van der Waals surface area contributed by atoms with E-state index < -0.39 is 114 Å². The van der Waals surface area contributed by atoms with Crippen LogP contribution in [-0.2, 0) is 90.5 Å². The zero-order chi connectivity index (χ0) is 73.3. The number of primary amides is 1. The number of rotatable bonds is 14. The van der Waals surface area contributed by atoms with Crippen molar-refractivity contribution < 1.29 is 57.4 Å². The van der Waals surface area contributed by atoms with E-state index >= 15 is 28.8 Å². The monoisotopic (exact) mass is 1430 g/mol. The van der Waals surface area contributed by atoms with Gasteiger partial charge in [0, 0.05) is 107 Å². The molecule has 0 saturated carbocycles. The molecule has 6 aromatic rings. The van der Waals surface area contributed by atoms with Crippen LogP contribution in [-0.4, -0.2) is 197 Å². The van der Waals surface area contributed by atoms with Crippen molar-refractivity contribution in [2.24, 2.45) is 18.7 Å². The second-order valence-electron chi connectivity index (χ2n) is 27.4. The van der Waals surface area contributed by atoms with Crippen LogP contribution in [0.2, 0.25) is 0 Å². The molecular weight excluding hydrogens is 1340 g/mol. The van der Waals surface area contributed by atoms with Crippen molar-refractivity contribution in [3.05, 3.63) is 149 Å². The summed E-state index contributed by atoms with van der Waals surface area (Å²) in [5.41, 5.74) is 10.8. The molecular formula is C77H99N11O12S2. The van der Waals surface area contributed by atoms with Gasteiger partial charge in [0.1, 0.15) is 60.1 Å². The fourth-order valence-corrected chi connectivity index (χ4v) is 15.8. The number of aromatic nitrogens is 1. The van der Waals surface area contributed by atoms with Crippen LogP contribution in [0, 0.1) is 5.92 Å². The molecule has 7 N–H and O–H groups in total. The summed E-state index contributed by atoms with van der Waals surface area (Å²) in [5.74, 6) is -3.96. The van der Waals surface area contributed by atoms with E-state index in [4.69, 9.17) is 15.2 Å². The third-order valence-corrected chi connectivity index (χ3v) is 21.8. The Morgan fingerprint density at radius 2 is 1.20 bits per heavy atom. The lowest BCUT2D eigenvalue weighted by Crippen LogP contribution is -2.62. The zero-order valence-electron chi connectivity index (χ0n) is 59.9. The molecule has 4 heterocycles. The number of para-hydroxylation sites is 1. The van der Waals surface area contributed by atoms with Gasteiger partial charge in [0.05, 0.1) is 13.2 Å². The van der Waals surface area contributed by atoms with Crippen molar-refractivity contribution in [3.63, 3.8) is 0 Å². The number of likely N-dealkylation sites (N-methyl/N-ethyl adjacent to an activating group) is 2. The molecule has 546 valence electrons. The first kappa shape index (κ1) is 77.2. The average molecular weight is 1430 g/mol. The first-order valence-electron chi connectivity index (χ1n) is 35.3. The molecule has 23 nitrogen and oxygen atoms in total. The number of hydrogen-bond acceptors (Lipinski definition) is 14. The minimum atomic E-state index is -1.44. The molecule has 2 bridgehead atoms. The molecule has 0 radical (unpaired) electrons. The summed E-state index contributed by atoms with van der Waals surface area (Å²) >= 11 is 2.95. The van der Waals surface area contributed by atoms with Crippen molar-refractivity contribution in [2.75, 3.05) is 52.9 Å². The minimum absolute atomic E-state index is 0.0199. The van der Waals surface area contributed by atoms with Crippen LogP contribution in [0.15, 0.2) is 121 Å². The molecule has 0 aliphatic carbocycles. The standard InChI is InChI=1S/C77H99N11O12S2/c1-10-18-58-74(95)85(6)65(37-47(2)3)72(93)80-59(41-50-27-30-53-21-11-12-22-54(53)39-50)75(96)86(7)66(42-55-43-84(5)62-24-14-13-23-57(55)62)77(98)88-35-17-26-64(88)71(92)83-68(48(4)99-8)73(94)81-60(40-49-28-31-56(100-9)32-29-49)76(97)87-34-16-25-63(87)70(91)82-61(69(78)90)46-102-45-52-20-15-19-51(38-52)44-101-36-33-67(89)79-58/h11-15,19-24,27-32,38-39,43,47-48,58-61,63-66,68H,10,16-18,25-26,33-37,40-42,44-46H2,1-9H3,(H2,78,90)(H,79,89)(H,80,93)(H,81,94)(H,82,91)(H,83,92)/t48-,58+,59+,60+,61+,63+,64+,65-,66+,68?/m1/s1. The Bertz CT molecular complexity index is 3980. The summed E-state index contributed by atoms with van der Waals surface area (Å²) in [6.45, 7) is 7.62. The van der Waals surface area contributed by atoms with Crippen molar-refractivity contribution in [1.29, 1.82) is 0 Å². The number of aryl methyl sites for hydroxylation is 1. The molecule has 25 heteroatoms. The highest BCUT2D eigenvalue weighted by molar-refractivity contribution is 7.98. The topological polar surface area (TPSA) is 293 Å². The number of nitrogens with two attached hydrogens (primary N) is 1. The number of amides is 10. The summed E-state index contributed by atoms with van der Waals surface area (Å²) in [5, 5.41) is 17.4. The number of carbonyl (C=O) groups is 10. The number of benzene rings is 5. The van der Waals surface area contributed by atoms with Gasteiger partial charge in [-0.05, 0) is 108 Å². The maximum atomic E-state index is 16.0. The largest absolute Gasteiger partial charge is 0.497 e. The normalized spacial score (nSPS) is 23.8. The third-order valence-electron chi connectivity index (χ3n) is 19.6. The highest BCUT2D eigenvalue weighted by Crippen LogP contribution is 2.29. The van der Waals surface area contributed by atoms with Crippen LogP contribution < -0.4 is 37.1 Å². The lowest BCUT2D eigenvalue weighted by atomic mass is 9.97. The second kappa shape index (κ2) is 36.3. The molecule has 9 rings (SSSR count). The molecule has 10 amide bonds. The van der Waals surface area contributed by atoms with Crippen molar-refractivity contribution in [3.8, 4) is 5.75 Å². The lowest BCUT2D eigenvalue weighted by Gasteiger charge is -2.36. The average Bonchev–Trinajstić information content (AvgIpc) is 1.58. The van der Waals surface area contributed by atoms with Crippen molar-refractivity contribution in [2.45, 2.75) is 170 Å². The van der Waals surface area contributed by atoms with Gasteiger partial charge in [0.15, 0.2) is 0 Å². The van der Waals surface area contributed by atoms with Crippen LogP contribution in [0.1, 0.15) is 107 Å². The molecule has 5 aromatic carbocycles. The number of methoxy groups -OCH3 is 2. The SMILES string of the molecule is CCC[C@@H]1NC(=O)CCSCc2cccc(c2)CSC[C@@H](C(N)=O)NC(=O)[C@@H]2CCCN2C(=O)[C@H](Cc2ccc(OC)cc2)NC(=O)C([C@@H](C)OC)NC(=O)[C@@H]2CCCN2C(=O)[C@H](Cc2cn(C)c3ccccc23)N(C)C(=O)[C@H](Cc2ccc3ccccc3c2)NC(=O)[C@@H](CC(C)C)N(C)C1=O. The number of ether oxygens (including phenoxy) is 2. The van der Waals surface area contributed by atoms with E-state index in [0.29, 0.717) is 59.8 Å². The number of nitrogens with zero attached hydrogens (tertiary/aromatic N) is 5. The van der Waals surface area contributed by atoms with Crippen molar-refractivity contribution >= 4 is 104 Å². The smallest absolute Gasteiger partial charge is 0.246 e. The fraction of sp³-hybridized carbons (Fsp3) is 0.481. The number of nitrogens with one attached hydrogen (secondary N) is 5. The lowest BCUT2D eigenvalue weighted by molar-refractivity contribution is -0.149. The van der Waals surface area contributed by atoms with Crippen LogP contribution in [0.5, 0.6) is 5.75 Å². The summed E-state index contributed by atoms with van der Waals surface area (Å²) in [6, 6.07) is 25.4. The van der Waals surface area contributed by atoms with E-state index in [1.165, 1.54) is 52.6 Å². The molecule has 10 atom stereocenters. The number of thioether (sulfide) groups is 2. The quantitative estimate of drug-likeness (QED) is 0.0692. The van der Waals surface area contributed by atoms with Crippen LogP contribution in [0.25, 0.3) is 21.7 Å². The highest BCUT2D eigenvalue weighted by atomic mass is 32.2. The Hall–Kier alpha value is -8.94. The summed E-state index contributed by atoms with van der Waals surface area (Å²) < 4.78 is 13.1. The van der Waals surface area contributed by atoms with E-state index in [1.807, 2.05) is 130 Å². The maximum Gasteiger partial charge on any atom is 0.246 e. The van der Waals surface area contributed by atoms with Crippen LogP contribution in [0.4, 0.5) is 0 Å². The van der Waals surface area contributed by atoms with E-state index in [1.54, 1.807) is 50.0 Å². The minimum Gasteiger partial charge on any atom is -0.497 e. The summed E-state index contributed by atoms with van der Waals surface area (Å²) in [6.07, 6.45) is 3.21. The van der Waals surface area contributed by atoms with E-state index in [2.05, 4.69) is 26.6 Å². The van der Waals surface area contributed by atoms with E-state index in [-0.39, 0.29) is 75.6 Å². The van der Waals surface area contributed by atoms with Gasteiger partial charge >= 0.3 is 0 Å². The molecule has 3 aliphatic rings. The Morgan fingerprint density at radius 1 is 0.598 bits per heavy atom. The Kier molecular flexibility index (Phi) is 27.5. The Morgan fingerprint density at radius 3 is 1.86 bits per heavy atom.